The van der Waals surface area contributed by atoms with Crippen LogP contribution < -0.4 is 21.3 Å². The van der Waals surface area contributed by atoms with Crippen molar-refractivity contribution in [3.8, 4) is 0 Å². The summed E-state index contributed by atoms with van der Waals surface area (Å²) in [5.74, 6) is -3.75. The van der Waals surface area contributed by atoms with Crippen molar-refractivity contribution in [3.05, 3.63) is 140 Å². The summed E-state index contributed by atoms with van der Waals surface area (Å²) in [6, 6.07) is 22.7. The zero-order chi connectivity index (χ0) is 48.2. The van der Waals surface area contributed by atoms with E-state index in [0.717, 1.165) is 11.1 Å². The number of halogens is 4. The largest absolute Gasteiger partial charge is 0.323 e. The number of alkyl halides is 2. The second-order valence-electron chi connectivity index (χ2n) is 15.0. The van der Waals surface area contributed by atoms with Gasteiger partial charge in [-0.05, 0) is 123 Å². The molecule has 0 spiro atoms. The van der Waals surface area contributed by atoms with Gasteiger partial charge >= 0.3 is 0 Å². The van der Waals surface area contributed by atoms with Gasteiger partial charge in [-0.1, -0.05) is 73.4 Å². The summed E-state index contributed by atoms with van der Waals surface area (Å²) in [6.45, 7) is 9.66. The van der Waals surface area contributed by atoms with Crippen LogP contribution in [0.1, 0.15) is 95.3 Å². The van der Waals surface area contributed by atoms with Crippen LogP contribution in [0.4, 0.5) is 34.1 Å². The summed E-state index contributed by atoms with van der Waals surface area (Å²) in [6.07, 6.45) is 0.792. The molecule has 4 atom stereocenters. The Kier molecular flexibility index (Phi) is 17.8. The quantitative estimate of drug-likeness (QED) is 0.0382. The highest BCUT2D eigenvalue weighted by Gasteiger charge is 2.27. The molecule has 0 saturated heterocycles. The van der Waals surface area contributed by atoms with Crippen LogP contribution in [-0.2, 0) is 32.0 Å². The minimum atomic E-state index is -1.57. The standard InChI is InChI=1S/C48H46Cl4N8O6/c1-7-35-36(8-2)42(56-48(66)44(28(6)62)60-58-34-22-30(20-32(52)24-34)46(64)54-40-16-12-10-14-38(40)26(4)50)18-17-41(35)55-47(65)43(27(5)61)59-57-33-21-29(19-31(51)23-33)45(63)53-39-15-11-9-13-37(39)25(3)49/h9-26,43-44H,7-8H2,1-6H3,(H,53,63)(H,54,64)(H,55,65)(H,56,66). The van der Waals surface area contributed by atoms with Crippen molar-refractivity contribution < 1.29 is 28.8 Å². The summed E-state index contributed by atoms with van der Waals surface area (Å²) in [5, 5.41) is 27.1. The molecular formula is C48H46Cl4N8O6. The SMILES string of the molecule is CCc1c(NC(=O)C(N=Nc2cc(Cl)cc(C(=O)Nc3ccccc3C(C)Cl)c2)C(C)=O)ccc(NC(=O)C(N=Nc2cc(Cl)cc(C(=O)Nc3ccccc3C(C)Cl)c2)C(C)=O)c1CC. The van der Waals surface area contributed by atoms with Crippen molar-refractivity contribution in [2.24, 2.45) is 20.5 Å². The fourth-order valence-electron chi connectivity index (χ4n) is 6.85. The number of para-hydroxylation sites is 2. The summed E-state index contributed by atoms with van der Waals surface area (Å²) < 4.78 is 0. The van der Waals surface area contributed by atoms with Gasteiger partial charge in [0, 0.05) is 43.9 Å². The molecule has 4 N–H and O–H groups in total. The summed E-state index contributed by atoms with van der Waals surface area (Å²) >= 11 is 25.3. The maximum absolute atomic E-state index is 13.6. The van der Waals surface area contributed by atoms with Gasteiger partial charge < -0.3 is 21.3 Å². The Hall–Kier alpha value is -6.32. The van der Waals surface area contributed by atoms with E-state index in [1.807, 2.05) is 26.0 Å². The molecule has 0 saturated carbocycles. The van der Waals surface area contributed by atoms with Crippen LogP contribution >= 0.6 is 46.4 Å². The molecule has 4 amide bonds. The van der Waals surface area contributed by atoms with Gasteiger partial charge in [0.25, 0.3) is 23.6 Å². The number of carbonyl (C=O) groups excluding carboxylic acids is 6. The first-order chi connectivity index (χ1) is 31.4. The van der Waals surface area contributed by atoms with Crippen LogP contribution in [-0.4, -0.2) is 47.3 Å². The fourth-order valence-corrected chi connectivity index (χ4v) is 7.69. The summed E-state index contributed by atoms with van der Waals surface area (Å²) in [7, 11) is 0. The molecule has 0 heterocycles. The van der Waals surface area contributed by atoms with Crippen molar-refractivity contribution in [1.82, 2.24) is 0 Å². The minimum Gasteiger partial charge on any atom is -0.323 e. The number of hydrogen-bond acceptors (Lipinski definition) is 10. The Morgan fingerprint density at radius 3 is 1.21 bits per heavy atom. The van der Waals surface area contributed by atoms with Crippen molar-refractivity contribution >= 4 is 116 Å². The van der Waals surface area contributed by atoms with Crippen LogP contribution in [0, 0.1) is 0 Å². The number of benzene rings is 5. The van der Waals surface area contributed by atoms with E-state index in [1.54, 1.807) is 62.4 Å². The Labute approximate surface area is 402 Å². The molecule has 0 bridgehead atoms. The first-order valence-electron chi connectivity index (χ1n) is 20.7. The lowest BCUT2D eigenvalue weighted by molar-refractivity contribution is -0.127. The molecule has 0 aliphatic heterocycles. The molecule has 5 aromatic rings. The Bertz CT molecular complexity index is 2560. The molecule has 342 valence electrons. The van der Waals surface area contributed by atoms with Crippen LogP contribution in [0.5, 0.6) is 0 Å². The van der Waals surface area contributed by atoms with E-state index in [2.05, 4.69) is 41.7 Å². The third-order valence-electron chi connectivity index (χ3n) is 10.1. The summed E-state index contributed by atoms with van der Waals surface area (Å²) in [5.41, 5.74) is 5.03. The average molecular weight is 973 g/mol. The number of rotatable bonds is 18. The zero-order valence-corrected chi connectivity index (χ0v) is 39.7. The van der Waals surface area contributed by atoms with Gasteiger partial charge in [-0.2, -0.15) is 20.5 Å². The lowest BCUT2D eigenvalue weighted by atomic mass is 9.98. The maximum Gasteiger partial charge on any atom is 0.258 e. The number of anilines is 4. The molecule has 5 aromatic carbocycles. The fraction of sp³-hybridized carbons (Fsp3) is 0.250. The second kappa shape index (κ2) is 23.2. The second-order valence-corrected chi connectivity index (χ2v) is 17.2. The third-order valence-corrected chi connectivity index (χ3v) is 11.0. The van der Waals surface area contributed by atoms with Gasteiger partial charge in [-0.3, -0.25) is 28.8 Å². The molecule has 0 aliphatic carbocycles. The average Bonchev–Trinajstić information content (AvgIpc) is 3.26. The number of carbonyl (C=O) groups is 6. The molecule has 0 aliphatic rings. The molecule has 14 nitrogen and oxygen atoms in total. The highest BCUT2D eigenvalue weighted by atomic mass is 35.5. The van der Waals surface area contributed by atoms with E-state index in [-0.39, 0.29) is 43.3 Å². The Morgan fingerprint density at radius 1 is 0.515 bits per heavy atom. The Balaban J connectivity index is 1.31. The first-order valence-corrected chi connectivity index (χ1v) is 22.3. The highest BCUT2D eigenvalue weighted by molar-refractivity contribution is 6.32. The van der Waals surface area contributed by atoms with Crippen molar-refractivity contribution in [2.75, 3.05) is 21.3 Å². The monoisotopic (exact) mass is 970 g/mol. The number of Topliss-reactive ketones (excluding diaryl/α,β-unsaturated/α-hetero) is 2. The lowest BCUT2D eigenvalue weighted by Crippen LogP contribution is -2.33. The molecule has 66 heavy (non-hydrogen) atoms. The van der Waals surface area contributed by atoms with E-state index >= 15 is 0 Å². The molecule has 0 fully saturated rings. The van der Waals surface area contributed by atoms with Crippen molar-refractivity contribution in [2.45, 2.75) is 77.2 Å². The predicted molar refractivity (Wildman–Crippen MR) is 261 cm³/mol. The molecular weight excluding hydrogens is 926 g/mol. The van der Waals surface area contributed by atoms with Crippen LogP contribution in [0.15, 0.2) is 118 Å². The number of azo groups is 2. The van der Waals surface area contributed by atoms with E-state index in [1.165, 1.54) is 50.2 Å². The van der Waals surface area contributed by atoms with Crippen LogP contribution in [0.25, 0.3) is 0 Å². The lowest BCUT2D eigenvalue weighted by Gasteiger charge is -2.20. The number of nitrogens with one attached hydrogen (secondary N) is 4. The minimum absolute atomic E-state index is 0.122. The number of amides is 4. The number of hydrogen-bond donors (Lipinski definition) is 4. The topological polar surface area (TPSA) is 200 Å². The van der Waals surface area contributed by atoms with Gasteiger partial charge in [0.1, 0.15) is 0 Å². The molecule has 0 aromatic heterocycles. The molecule has 18 heteroatoms. The maximum atomic E-state index is 13.6. The van der Waals surface area contributed by atoms with E-state index in [4.69, 9.17) is 46.4 Å². The van der Waals surface area contributed by atoms with E-state index in [0.29, 0.717) is 46.7 Å². The van der Waals surface area contributed by atoms with Crippen molar-refractivity contribution in [1.29, 1.82) is 0 Å². The van der Waals surface area contributed by atoms with Gasteiger partial charge in [0.2, 0.25) is 12.1 Å². The van der Waals surface area contributed by atoms with E-state index < -0.39 is 47.3 Å². The molecule has 0 radical (unpaired) electrons. The van der Waals surface area contributed by atoms with Gasteiger partial charge in [0.15, 0.2) is 11.6 Å². The highest BCUT2D eigenvalue weighted by Crippen LogP contribution is 2.32. The molecule has 5 rings (SSSR count). The van der Waals surface area contributed by atoms with Crippen LogP contribution in [0.2, 0.25) is 10.0 Å². The normalized spacial score (nSPS) is 13.1. The zero-order valence-electron chi connectivity index (χ0n) is 36.7. The van der Waals surface area contributed by atoms with Gasteiger partial charge in [-0.25, -0.2) is 0 Å². The Morgan fingerprint density at radius 2 is 0.879 bits per heavy atom. The van der Waals surface area contributed by atoms with Crippen LogP contribution in [0.3, 0.4) is 0 Å². The van der Waals surface area contributed by atoms with Gasteiger partial charge in [0.05, 0.1) is 22.1 Å². The number of ketones is 2. The first kappa shape index (κ1) is 50.7. The summed E-state index contributed by atoms with van der Waals surface area (Å²) in [4.78, 5) is 79.3. The van der Waals surface area contributed by atoms with Gasteiger partial charge in [-0.15, -0.1) is 23.2 Å². The van der Waals surface area contributed by atoms with E-state index in [9.17, 15) is 28.8 Å². The van der Waals surface area contributed by atoms with Crippen molar-refractivity contribution in [3.63, 3.8) is 0 Å². The molecule has 4 unspecified atom stereocenters. The predicted octanol–water partition coefficient (Wildman–Crippen LogP) is 12.6. The third kappa shape index (κ3) is 13.2. The number of nitrogens with zero attached hydrogens (tertiary/aromatic N) is 4. The smallest absolute Gasteiger partial charge is 0.258 e.